The van der Waals surface area contributed by atoms with Gasteiger partial charge in [-0.15, -0.1) is 0 Å². The molecule has 1 N–H and O–H groups in total. The number of hydrogen-bond acceptors (Lipinski definition) is 3. The summed E-state index contributed by atoms with van der Waals surface area (Å²) in [5.41, 5.74) is 4.43. The van der Waals surface area contributed by atoms with Crippen LogP contribution in [0.4, 0.5) is 0 Å². The molecule has 2 heterocycles. The Hall–Kier alpha value is -1.65. The van der Waals surface area contributed by atoms with Crippen LogP contribution in [0.1, 0.15) is 41.0 Å². The molecule has 4 nitrogen and oxygen atoms in total. The highest BCUT2D eigenvalue weighted by Crippen LogP contribution is 2.34. The Kier molecular flexibility index (Phi) is 3.59. The van der Waals surface area contributed by atoms with Gasteiger partial charge in [0.05, 0.1) is 25.0 Å². The van der Waals surface area contributed by atoms with Crippen molar-refractivity contribution in [3.63, 3.8) is 0 Å². The van der Waals surface area contributed by atoms with Gasteiger partial charge in [0.15, 0.2) is 0 Å². The fraction of sp³-hybridized carbons (Fsp3) is 0.438. The molecule has 106 valence electrons. The minimum absolute atomic E-state index is 0.0328. The van der Waals surface area contributed by atoms with Crippen LogP contribution in [-0.4, -0.2) is 21.5 Å². The lowest BCUT2D eigenvalue weighted by Crippen LogP contribution is -2.18. The summed E-state index contributed by atoms with van der Waals surface area (Å²) in [6.45, 7) is 2.70. The van der Waals surface area contributed by atoms with Gasteiger partial charge < -0.3 is 9.84 Å². The second-order valence-electron chi connectivity index (χ2n) is 5.37. The minimum Gasteiger partial charge on any atom is -0.388 e. The molecule has 0 spiro atoms. The summed E-state index contributed by atoms with van der Waals surface area (Å²) in [5, 5.41) is 14.6. The summed E-state index contributed by atoms with van der Waals surface area (Å²) >= 11 is 0. The van der Waals surface area contributed by atoms with E-state index >= 15 is 0 Å². The zero-order valence-corrected chi connectivity index (χ0v) is 11.9. The zero-order chi connectivity index (χ0) is 14.1. The first kappa shape index (κ1) is 13.3. The Labute approximate surface area is 119 Å². The minimum atomic E-state index is -0.542. The first-order chi connectivity index (χ1) is 9.66. The summed E-state index contributed by atoms with van der Waals surface area (Å²) in [6, 6.07) is 8.33. The van der Waals surface area contributed by atoms with Gasteiger partial charge in [-0.25, -0.2) is 0 Å². The van der Waals surface area contributed by atoms with Gasteiger partial charge in [0.2, 0.25) is 0 Å². The maximum atomic E-state index is 10.5. The molecule has 2 atom stereocenters. The summed E-state index contributed by atoms with van der Waals surface area (Å²) in [6.07, 6.45) is 2.70. The predicted molar refractivity (Wildman–Crippen MR) is 76.4 cm³/mol. The van der Waals surface area contributed by atoms with Crippen molar-refractivity contribution in [3.05, 3.63) is 52.8 Å². The lowest BCUT2D eigenvalue weighted by molar-refractivity contribution is 0.00362. The molecule has 2 unspecified atom stereocenters. The molecule has 1 aromatic heterocycles. The summed E-state index contributed by atoms with van der Waals surface area (Å²) in [5.74, 6) is 0. The highest BCUT2D eigenvalue weighted by Gasteiger charge is 2.25. The number of fused-ring (bicyclic) bond motifs is 1. The highest BCUT2D eigenvalue weighted by molar-refractivity contribution is 5.31. The number of aliphatic hydroxyl groups excluding tert-OH is 1. The van der Waals surface area contributed by atoms with Gasteiger partial charge in [-0.1, -0.05) is 24.3 Å². The number of benzene rings is 1. The fourth-order valence-corrected chi connectivity index (χ4v) is 2.84. The topological polar surface area (TPSA) is 47.3 Å². The van der Waals surface area contributed by atoms with Crippen LogP contribution in [-0.2, 0) is 18.2 Å². The molecule has 0 saturated heterocycles. The van der Waals surface area contributed by atoms with E-state index in [2.05, 4.69) is 23.3 Å². The lowest BCUT2D eigenvalue weighted by atomic mass is 9.92. The fourth-order valence-electron chi connectivity index (χ4n) is 2.84. The largest absolute Gasteiger partial charge is 0.388 e. The number of aliphatic hydroxyl groups is 1. The maximum absolute atomic E-state index is 10.5. The number of aromatic nitrogens is 2. The molecular weight excluding hydrogens is 252 g/mol. The van der Waals surface area contributed by atoms with E-state index in [1.165, 1.54) is 11.1 Å². The number of ether oxygens (including phenoxy) is 1. The Balaban J connectivity index is 1.80. The summed E-state index contributed by atoms with van der Waals surface area (Å²) in [7, 11) is 1.89. The third kappa shape index (κ3) is 2.37. The average molecular weight is 272 g/mol. The Bertz CT molecular complexity index is 606. The smallest absolute Gasteiger partial charge is 0.0855 e. The van der Waals surface area contributed by atoms with E-state index in [9.17, 15) is 5.11 Å². The predicted octanol–water partition coefficient (Wildman–Crippen LogP) is 2.47. The Morgan fingerprint density at radius 2 is 2.25 bits per heavy atom. The quantitative estimate of drug-likeness (QED) is 0.933. The monoisotopic (exact) mass is 272 g/mol. The molecule has 1 aliphatic heterocycles. The number of aryl methyl sites for hydroxylation is 1. The van der Waals surface area contributed by atoms with Crippen molar-refractivity contribution in [2.75, 3.05) is 6.61 Å². The molecule has 0 radical (unpaired) electrons. The third-order valence-electron chi connectivity index (χ3n) is 4.16. The second-order valence-corrected chi connectivity index (χ2v) is 5.37. The first-order valence-corrected chi connectivity index (χ1v) is 7.03. The molecule has 3 rings (SSSR count). The third-order valence-corrected chi connectivity index (χ3v) is 4.16. The Morgan fingerprint density at radius 1 is 1.45 bits per heavy atom. The van der Waals surface area contributed by atoms with Crippen LogP contribution in [0.2, 0.25) is 0 Å². The van der Waals surface area contributed by atoms with Crippen molar-refractivity contribution in [2.24, 2.45) is 7.05 Å². The van der Waals surface area contributed by atoms with E-state index in [1.807, 2.05) is 20.0 Å². The first-order valence-electron chi connectivity index (χ1n) is 7.03. The number of hydrogen-bond donors (Lipinski definition) is 1. The SMILES string of the molecule is Cc1c(C(O)CC2OCCc3ccccc32)cnn1C. The van der Waals surface area contributed by atoms with E-state index in [-0.39, 0.29) is 6.10 Å². The van der Waals surface area contributed by atoms with Gasteiger partial charge in [-0.05, 0) is 24.5 Å². The van der Waals surface area contributed by atoms with Gasteiger partial charge in [-0.3, -0.25) is 4.68 Å². The number of rotatable bonds is 3. The van der Waals surface area contributed by atoms with Crippen LogP contribution >= 0.6 is 0 Å². The molecule has 0 fully saturated rings. The molecular formula is C16H20N2O2. The lowest BCUT2D eigenvalue weighted by Gasteiger charge is -2.27. The molecule has 0 aliphatic carbocycles. The van der Waals surface area contributed by atoms with E-state index in [0.29, 0.717) is 6.42 Å². The molecule has 4 heteroatoms. The van der Waals surface area contributed by atoms with E-state index in [0.717, 1.165) is 24.3 Å². The van der Waals surface area contributed by atoms with Crippen molar-refractivity contribution in [2.45, 2.75) is 32.0 Å². The Morgan fingerprint density at radius 3 is 3.00 bits per heavy atom. The van der Waals surface area contributed by atoms with Crippen molar-refractivity contribution in [1.29, 1.82) is 0 Å². The molecule has 2 aromatic rings. The van der Waals surface area contributed by atoms with Gasteiger partial charge in [-0.2, -0.15) is 5.10 Å². The molecule has 0 amide bonds. The maximum Gasteiger partial charge on any atom is 0.0855 e. The number of nitrogens with zero attached hydrogens (tertiary/aromatic N) is 2. The van der Waals surface area contributed by atoms with Crippen molar-refractivity contribution >= 4 is 0 Å². The average Bonchev–Trinajstić information content (AvgIpc) is 2.79. The van der Waals surface area contributed by atoms with Gasteiger partial charge in [0, 0.05) is 24.7 Å². The van der Waals surface area contributed by atoms with Crippen molar-refractivity contribution in [3.8, 4) is 0 Å². The normalized spacial score (nSPS) is 19.6. The molecule has 0 saturated carbocycles. The van der Waals surface area contributed by atoms with Crippen LogP contribution in [0.5, 0.6) is 0 Å². The van der Waals surface area contributed by atoms with E-state index in [1.54, 1.807) is 10.9 Å². The molecule has 0 bridgehead atoms. The van der Waals surface area contributed by atoms with Gasteiger partial charge >= 0.3 is 0 Å². The molecule has 1 aliphatic rings. The van der Waals surface area contributed by atoms with Crippen molar-refractivity contribution in [1.82, 2.24) is 9.78 Å². The standard InChI is InChI=1S/C16H20N2O2/c1-11-14(10-17-18(11)2)15(19)9-16-13-6-4-3-5-12(13)7-8-20-16/h3-6,10,15-16,19H,7-9H2,1-2H3. The molecule has 1 aromatic carbocycles. The van der Waals surface area contributed by atoms with Crippen LogP contribution in [0, 0.1) is 6.92 Å². The second kappa shape index (κ2) is 5.38. The van der Waals surface area contributed by atoms with Gasteiger partial charge in [0.25, 0.3) is 0 Å². The molecule has 20 heavy (non-hydrogen) atoms. The summed E-state index contributed by atoms with van der Waals surface area (Å²) < 4.78 is 7.64. The van der Waals surface area contributed by atoms with Crippen LogP contribution < -0.4 is 0 Å². The summed E-state index contributed by atoms with van der Waals surface area (Å²) in [4.78, 5) is 0. The van der Waals surface area contributed by atoms with E-state index < -0.39 is 6.10 Å². The van der Waals surface area contributed by atoms with Crippen LogP contribution in [0.25, 0.3) is 0 Å². The van der Waals surface area contributed by atoms with Crippen LogP contribution in [0.3, 0.4) is 0 Å². The van der Waals surface area contributed by atoms with E-state index in [4.69, 9.17) is 4.74 Å². The highest BCUT2D eigenvalue weighted by atomic mass is 16.5. The zero-order valence-electron chi connectivity index (χ0n) is 11.9. The van der Waals surface area contributed by atoms with Crippen molar-refractivity contribution < 1.29 is 9.84 Å². The van der Waals surface area contributed by atoms with Gasteiger partial charge in [0.1, 0.15) is 0 Å². The van der Waals surface area contributed by atoms with Crippen LogP contribution in [0.15, 0.2) is 30.5 Å².